The van der Waals surface area contributed by atoms with Gasteiger partial charge in [0.15, 0.2) is 6.61 Å². The Hall–Kier alpha value is -2.83. The molecule has 0 spiro atoms. The first-order valence-electron chi connectivity index (χ1n) is 12.2. The van der Waals surface area contributed by atoms with Crippen LogP contribution >= 0.6 is 27.5 Å². The van der Waals surface area contributed by atoms with Gasteiger partial charge in [0.2, 0.25) is 5.91 Å². The fraction of sp³-hybridized carbons (Fsp3) is 0.333. The van der Waals surface area contributed by atoms with E-state index in [0.717, 1.165) is 26.7 Å². The van der Waals surface area contributed by atoms with Gasteiger partial charge >= 0.3 is 0 Å². The van der Waals surface area contributed by atoms with Gasteiger partial charge in [-0.3, -0.25) is 9.59 Å². The van der Waals surface area contributed by atoms with Gasteiger partial charge in [-0.1, -0.05) is 70.0 Å². The molecule has 3 aromatic carbocycles. The van der Waals surface area contributed by atoms with E-state index in [4.69, 9.17) is 16.3 Å². The Morgan fingerprint density at radius 3 is 2.14 bits per heavy atom. The number of benzene rings is 3. The molecule has 0 heterocycles. The van der Waals surface area contributed by atoms with Crippen LogP contribution in [0, 0.1) is 13.8 Å². The maximum absolute atomic E-state index is 13.7. The van der Waals surface area contributed by atoms with E-state index in [-0.39, 0.29) is 25.0 Å². The number of ether oxygens (including phenoxy) is 1. The molecule has 196 valence electrons. The van der Waals surface area contributed by atoms with Crippen LogP contribution in [0.2, 0.25) is 5.02 Å². The summed E-state index contributed by atoms with van der Waals surface area (Å²) in [6.45, 7) is 9.79. The molecule has 0 saturated heterocycles. The number of carbonyl (C=O) groups excluding carboxylic acids is 2. The number of amides is 2. The van der Waals surface area contributed by atoms with Gasteiger partial charge in [0, 0.05) is 28.0 Å². The molecule has 3 aromatic rings. The van der Waals surface area contributed by atoms with Crippen molar-refractivity contribution in [2.45, 2.75) is 59.2 Å². The van der Waals surface area contributed by atoms with Crippen LogP contribution < -0.4 is 10.1 Å². The van der Waals surface area contributed by atoms with Gasteiger partial charge in [-0.2, -0.15) is 0 Å². The van der Waals surface area contributed by atoms with Gasteiger partial charge in [-0.05, 0) is 81.1 Å². The van der Waals surface area contributed by atoms with Crippen molar-refractivity contribution in [3.05, 3.63) is 98.5 Å². The highest BCUT2D eigenvalue weighted by Gasteiger charge is 2.32. The molecule has 0 aliphatic carbocycles. The molecule has 7 heteroatoms. The normalized spacial score (nSPS) is 12.1. The summed E-state index contributed by atoms with van der Waals surface area (Å²) in [6, 6.07) is 20.1. The van der Waals surface area contributed by atoms with Crippen molar-refractivity contribution in [3.8, 4) is 5.75 Å². The van der Waals surface area contributed by atoms with Gasteiger partial charge in [0.05, 0.1) is 0 Å². The highest BCUT2D eigenvalue weighted by molar-refractivity contribution is 9.10. The molecule has 0 radical (unpaired) electrons. The zero-order valence-corrected chi connectivity index (χ0v) is 24.3. The molecule has 0 aliphatic heterocycles. The molecule has 0 saturated carbocycles. The number of nitrogens with zero attached hydrogens (tertiary/aromatic N) is 1. The van der Waals surface area contributed by atoms with E-state index in [1.807, 2.05) is 89.2 Å². The molecule has 0 bridgehead atoms. The first-order valence-corrected chi connectivity index (χ1v) is 13.4. The maximum Gasteiger partial charge on any atom is 0.261 e. The molecule has 1 atom stereocenters. The smallest absolute Gasteiger partial charge is 0.261 e. The standard InChI is InChI=1S/C30H34BrClN2O3/c1-20-15-25(16-21(2)28(20)31)37-19-27(35)34(18-23-11-13-24(32)14-12-23)26(29(36)33-30(3,4)5)17-22-9-7-6-8-10-22/h6-16,26H,17-19H2,1-5H3,(H,33,36)/t26-/m1/s1. The molecular formula is C30H34BrClN2O3. The van der Waals surface area contributed by atoms with Crippen LogP contribution in [-0.4, -0.2) is 34.9 Å². The first kappa shape index (κ1) is 28.7. The van der Waals surface area contributed by atoms with Crippen molar-refractivity contribution in [2.75, 3.05) is 6.61 Å². The minimum Gasteiger partial charge on any atom is -0.484 e. The van der Waals surface area contributed by atoms with E-state index in [1.54, 1.807) is 17.0 Å². The van der Waals surface area contributed by atoms with Crippen molar-refractivity contribution in [3.63, 3.8) is 0 Å². The number of carbonyl (C=O) groups is 2. The zero-order chi connectivity index (χ0) is 27.2. The van der Waals surface area contributed by atoms with Crippen molar-refractivity contribution in [2.24, 2.45) is 0 Å². The van der Waals surface area contributed by atoms with Crippen LogP contribution in [0.25, 0.3) is 0 Å². The van der Waals surface area contributed by atoms with Gasteiger partial charge in [-0.25, -0.2) is 0 Å². The zero-order valence-electron chi connectivity index (χ0n) is 22.0. The molecule has 0 fully saturated rings. The fourth-order valence-corrected chi connectivity index (χ4v) is 4.37. The third-order valence-electron chi connectivity index (χ3n) is 5.81. The van der Waals surface area contributed by atoms with Crippen molar-refractivity contribution < 1.29 is 14.3 Å². The lowest BCUT2D eigenvalue weighted by molar-refractivity contribution is -0.143. The highest BCUT2D eigenvalue weighted by Crippen LogP contribution is 2.26. The van der Waals surface area contributed by atoms with Gasteiger partial charge in [0.1, 0.15) is 11.8 Å². The minimum atomic E-state index is -0.734. The van der Waals surface area contributed by atoms with Crippen LogP contribution in [0.3, 0.4) is 0 Å². The molecule has 3 rings (SSSR count). The number of nitrogens with one attached hydrogen (secondary N) is 1. The lowest BCUT2D eigenvalue weighted by Gasteiger charge is -2.33. The molecule has 0 unspecified atom stereocenters. The third-order valence-corrected chi connectivity index (χ3v) is 7.31. The van der Waals surface area contributed by atoms with E-state index < -0.39 is 11.6 Å². The van der Waals surface area contributed by atoms with Crippen LogP contribution in [-0.2, 0) is 22.6 Å². The maximum atomic E-state index is 13.7. The molecule has 5 nitrogen and oxygen atoms in total. The van der Waals surface area contributed by atoms with Crippen molar-refractivity contribution >= 4 is 39.3 Å². The van der Waals surface area contributed by atoms with E-state index >= 15 is 0 Å². The minimum absolute atomic E-state index is 0.192. The molecule has 2 amide bonds. The van der Waals surface area contributed by atoms with Crippen LogP contribution in [0.1, 0.15) is 43.0 Å². The van der Waals surface area contributed by atoms with Crippen LogP contribution in [0.5, 0.6) is 5.75 Å². The second-order valence-corrected chi connectivity index (χ2v) is 11.5. The number of halogens is 2. The quantitative estimate of drug-likeness (QED) is 0.306. The lowest BCUT2D eigenvalue weighted by atomic mass is 10.0. The summed E-state index contributed by atoms with van der Waals surface area (Å²) in [5.74, 6) is 0.115. The fourth-order valence-electron chi connectivity index (χ4n) is 4.01. The summed E-state index contributed by atoms with van der Waals surface area (Å²) in [5.41, 5.74) is 3.42. The molecule has 1 N–H and O–H groups in total. The average molecular weight is 586 g/mol. The average Bonchev–Trinajstić information content (AvgIpc) is 2.83. The summed E-state index contributed by atoms with van der Waals surface area (Å²) in [6.07, 6.45) is 0.374. The van der Waals surface area contributed by atoms with E-state index in [0.29, 0.717) is 17.2 Å². The lowest BCUT2D eigenvalue weighted by Crippen LogP contribution is -2.55. The highest BCUT2D eigenvalue weighted by atomic mass is 79.9. The Bertz CT molecular complexity index is 1200. The van der Waals surface area contributed by atoms with E-state index in [9.17, 15) is 9.59 Å². The molecule has 0 aliphatic rings. The van der Waals surface area contributed by atoms with Crippen molar-refractivity contribution in [1.29, 1.82) is 0 Å². The summed E-state index contributed by atoms with van der Waals surface area (Å²) < 4.78 is 6.95. The SMILES string of the molecule is Cc1cc(OCC(=O)N(Cc2ccc(Cl)cc2)[C@H](Cc2ccccc2)C(=O)NC(C)(C)C)cc(C)c1Br. The number of hydrogen-bond donors (Lipinski definition) is 1. The molecular weight excluding hydrogens is 552 g/mol. The second-order valence-electron chi connectivity index (χ2n) is 10.3. The summed E-state index contributed by atoms with van der Waals surface area (Å²) in [4.78, 5) is 28.9. The molecule has 37 heavy (non-hydrogen) atoms. The van der Waals surface area contributed by atoms with Crippen LogP contribution in [0.4, 0.5) is 0 Å². The third kappa shape index (κ3) is 8.61. The predicted molar refractivity (Wildman–Crippen MR) is 153 cm³/mol. The second kappa shape index (κ2) is 12.6. The first-order chi connectivity index (χ1) is 17.4. The summed E-state index contributed by atoms with van der Waals surface area (Å²) in [5, 5.41) is 3.67. The Balaban J connectivity index is 1.94. The summed E-state index contributed by atoms with van der Waals surface area (Å²) in [7, 11) is 0. The number of aryl methyl sites for hydroxylation is 2. The Morgan fingerprint density at radius 1 is 0.973 bits per heavy atom. The Labute approximate surface area is 233 Å². The van der Waals surface area contributed by atoms with Gasteiger partial charge < -0.3 is 15.0 Å². The number of rotatable bonds is 9. The largest absolute Gasteiger partial charge is 0.484 e. The summed E-state index contributed by atoms with van der Waals surface area (Å²) >= 11 is 9.65. The van der Waals surface area contributed by atoms with E-state index in [1.165, 1.54) is 0 Å². The molecule has 0 aromatic heterocycles. The predicted octanol–water partition coefficient (Wildman–Crippen LogP) is 6.65. The van der Waals surface area contributed by atoms with Gasteiger partial charge in [-0.15, -0.1) is 0 Å². The van der Waals surface area contributed by atoms with Gasteiger partial charge in [0.25, 0.3) is 5.91 Å². The monoisotopic (exact) mass is 584 g/mol. The Kier molecular flexibility index (Phi) is 9.80. The topological polar surface area (TPSA) is 58.6 Å². The number of hydrogen-bond acceptors (Lipinski definition) is 3. The van der Waals surface area contributed by atoms with E-state index in [2.05, 4.69) is 21.2 Å². The Morgan fingerprint density at radius 2 is 1.57 bits per heavy atom. The van der Waals surface area contributed by atoms with Crippen molar-refractivity contribution in [1.82, 2.24) is 10.2 Å². The van der Waals surface area contributed by atoms with Crippen LogP contribution in [0.15, 0.2) is 71.2 Å².